The van der Waals surface area contributed by atoms with Crippen LogP contribution in [-0.2, 0) is 9.63 Å². The molecule has 1 heterocycles. The van der Waals surface area contributed by atoms with Crippen LogP contribution < -0.4 is 0 Å². The molecule has 0 radical (unpaired) electrons. The summed E-state index contributed by atoms with van der Waals surface area (Å²) in [5.74, 6) is 0.167. The molecular weight excluding hydrogens is 182 g/mol. The molecule has 1 atom stereocenters. The van der Waals surface area contributed by atoms with E-state index in [1.807, 2.05) is 0 Å². The zero-order valence-electron chi connectivity index (χ0n) is 7.38. The monoisotopic (exact) mass is 191 g/mol. The molecule has 1 unspecified atom stereocenters. The van der Waals surface area contributed by atoms with Gasteiger partial charge in [0.25, 0.3) is 0 Å². The van der Waals surface area contributed by atoms with Gasteiger partial charge in [-0.05, 0) is 6.07 Å². The predicted molar refractivity (Wildman–Crippen MR) is 50.0 cm³/mol. The zero-order chi connectivity index (χ0) is 9.97. The van der Waals surface area contributed by atoms with Crippen molar-refractivity contribution in [2.75, 3.05) is 0 Å². The van der Waals surface area contributed by atoms with Gasteiger partial charge in [0.1, 0.15) is 11.5 Å². The Morgan fingerprint density at radius 1 is 1.50 bits per heavy atom. The minimum Gasteiger partial charge on any atom is -0.508 e. The van der Waals surface area contributed by atoms with E-state index in [-0.39, 0.29) is 11.9 Å². The zero-order valence-corrected chi connectivity index (χ0v) is 7.38. The van der Waals surface area contributed by atoms with Crippen LogP contribution in [0, 0.1) is 0 Å². The molecule has 0 bridgehead atoms. The fourth-order valence-electron chi connectivity index (χ4n) is 1.39. The Bertz CT molecular complexity index is 387. The van der Waals surface area contributed by atoms with Crippen LogP contribution in [0.5, 0.6) is 5.75 Å². The lowest BCUT2D eigenvalue weighted by molar-refractivity contribution is -0.102. The van der Waals surface area contributed by atoms with Gasteiger partial charge in [-0.1, -0.05) is 23.4 Å². The number of carbonyl (C=O) groups is 1. The first-order chi connectivity index (χ1) is 6.81. The highest BCUT2D eigenvalue weighted by atomic mass is 16.6. The third kappa shape index (κ3) is 1.46. The molecule has 1 aliphatic heterocycles. The first-order valence-electron chi connectivity index (χ1n) is 4.27. The second-order valence-electron chi connectivity index (χ2n) is 3.06. The number of aldehydes is 1. The SMILES string of the molecule is O=CC1=NOC(c2ccccc2O)C1. The van der Waals surface area contributed by atoms with Crippen molar-refractivity contribution >= 4 is 12.0 Å². The molecule has 4 heteroatoms. The number of benzene rings is 1. The number of hydrogen-bond donors (Lipinski definition) is 1. The number of rotatable bonds is 2. The van der Waals surface area contributed by atoms with Gasteiger partial charge in [0.2, 0.25) is 0 Å². The summed E-state index contributed by atoms with van der Waals surface area (Å²) in [5, 5.41) is 13.1. The van der Waals surface area contributed by atoms with Crippen molar-refractivity contribution < 1.29 is 14.7 Å². The third-order valence-corrected chi connectivity index (χ3v) is 2.11. The quantitative estimate of drug-likeness (QED) is 0.719. The summed E-state index contributed by atoms with van der Waals surface area (Å²) in [5.41, 5.74) is 1.03. The lowest BCUT2D eigenvalue weighted by Gasteiger charge is -2.09. The molecule has 14 heavy (non-hydrogen) atoms. The fraction of sp³-hybridized carbons (Fsp3) is 0.200. The molecule has 1 aliphatic rings. The average molecular weight is 191 g/mol. The van der Waals surface area contributed by atoms with Crippen LogP contribution in [0.3, 0.4) is 0 Å². The highest BCUT2D eigenvalue weighted by Crippen LogP contribution is 2.32. The van der Waals surface area contributed by atoms with Crippen LogP contribution >= 0.6 is 0 Å². The number of aromatic hydroxyl groups is 1. The van der Waals surface area contributed by atoms with Crippen molar-refractivity contribution in [1.29, 1.82) is 0 Å². The van der Waals surface area contributed by atoms with Gasteiger partial charge in [-0.2, -0.15) is 0 Å². The number of oxime groups is 1. The summed E-state index contributed by atoms with van der Waals surface area (Å²) >= 11 is 0. The van der Waals surface area contributed by atoms with Gasteiger partial charge < -0.3 is 9.94 Å². The number of hydrogen-bond acceptors (Lipinski definition) is 4. The lowest BCUT2D eigenvalue weighted by atomic mass is 10.0. The van der Waals surface area contributed by atoms with Gasteiger partial charge in [0, 0.05) is 12.0 Å². The minimum atomic E-state index is -0.337. The van der Waals surface area contributed by atoms with Crippen LogP contribution in [0.1, 0.15) is 18.1 Å². The summed E-state index contributed by atoms with van der Waals surface area (Å²) < 4.78 is 0. The Labute approximate surface area is 80.8 Å². The molecule has 0 aliphatic carbocycles. The molecular formula is C10H9NO3. The van der Waals surface area contributed by atoms with E-state index in [9.17, 15) is 9.90 Å². The standard InChI is InChI=1S/C10H9NO3/c12-6-7-5-10(14-11-7)8-3-1-2-4-9(8)13/h1-4,6,10,13H,5H2. The molecule has 4 nitrogen and oxygen atoms in total. The normalized spacial score (nSPS) is 20.0. The molecule has 1 aromatic rings. The first-order valence-corrected chi connectivity index (χ1v) is 4.27. The van der Waals surface area contributed by atoms with Crippen molar-refractivity contribution in [3.8, 4) is 5.75 Å². The molecule has 0 fully saturated rings. The average Bonchev–Trinajstić information content (AvgIpc) is 2.67. The van der Waals surface area contributed by atoms with Crippen LogP contribution in [0.25, 0.3) is 0 Å². The summed E-state index contributed by atoms with van der Waals surface area (Å²) in [6, 6.07) is 6.87. The van der Waals surface area contributed by atoms with Gasteiger partial charge in [0.15, 0.2) is 12.4 Å². The Hall–Kier alpha value is -1.84. The van der Waals surface area contributed by atoms with E-state index in [4.69, 9.17) is 4.84 Å². The molecule has 0 amide bonds. The maximum atomic E-state index is 10.4. The van der Waals surface area contributed by atoms with Gasteiger partial charge in [0.05, 0.1) is 0 Å². The topological polar surface area (TPSA) is 58.9 Å². The molecule has 0 saturated heterocycles. The van der Waals surface area contributed by atoms with Crippen molar-refractivity contribution in [3.63, 3.8) is 0 Å². The summed E-state index contributed by atoms with van der Waals surface area (Å²) in [4.78, 5) is 15.4. The van der Waals surface area contributed by atoms with Gasteiger partial charge in [-0.3, -0.25) is 4.79 Å². The molecule has 72 valence electrons. The maximum absolute atomic E-state index is 10.4. The largest absolute Gasteiger partial charge is 0.508 e. The van der Waals surface area contributed by atoms with Gasteiger partial charge in [-0.25, -0.2) is 0 Å². The second-order valence-corrected chi connectivity index (χ2v) is 3.06. The number of para-hydroxylation sites is 1. The fourth-order valence-corrected chi connectivity index (χ4v) is 1.39. The highest BCUT2D eigenvalue weighted by Gasteiger charge is 2.24. The highest BCUT2D eigenvalue weighted by molar-refractivity contribution is 6.28. The molecule has 0 spiro atoms. The lowest BCUT2D eigenvalue weighted by Crippen LogP contribution is -2.00. The van der Waals surface area contributed by atoms with E-state index >= 15 is 0 Å². The van der Waals surface area contributed by atoms with E-state index in [2.05, 4.69) is 5.16 Å². The first kappa shape index (κ1) is 8.74. The molecule has 0 aromatic heterocycles. The Balaban J connectivity index is 2.20. The van der Waals surface area contributed by atoms with E-state index in [1.165, 1.54) is 0 Å². The summed E-state index contributed by atoms with van der Waals surface area (Å²) in [6.07, 6.45) is 0.748. The van der Waals surface area contributed by atoms with Crippen LogP contribution in [0.15, 0.2) is 29.4 Å². The second kappa shape index (κ2) is 3.49. The van der Waals surface area contributed by atoms with E-state index in [0.717, 1.165) is 0 Å². The van der Waals surface area contributed by atoms with Crippen molar-refractivity contribution in [1.82, 2.24) is 0 Å². The van der Waals surface area contributed by atoms with Crippen LogP contribution in [0.2, 0.25) is 0 Å². The van der Waals surface area contributed by atoms with Crippen molar-refractivity contribution in [2.24, 2.45) is 5.16 Å². The van der Waals surface area contributed by atoms with Crippen LogP contribution in [0.4, 0.5) is 0 Å². The third-order valence-electron chi connectivity index (χ3n) is 2.11. The van der Waals surface area contributed by atoms with Crippen molar-refractivity contribution in [3.05, 3.63) is 29.8 Å². The Morgan fingerprint density at radius 2 is 2.29 bits per heavy atom. The number of carbonyl (C=O) groups excluding carboxylic acids is 1. The maximum Gasteiger partial charge on any atom is 0.167 e. The van der Waals surface area contributed by atoms with E-state index < -0.39 is 0 Å². The van der Waals surface area contributed by atoms with Crippen molar-refractivity contribution in [2.45, 2.75) is 12.5 Å². The van der Waals surface area contributed by atoms with E-state index in [1.54, 1.807) is 24.3 Å². The van der Waals surface area contributed by atoms with E-state index in [0.29, 0.717) is 24.0 Å². The number of phenols is 1. The smallest absolute Gasteiger partial charge is 0.167 e. The number of phenolic OH excluding ortho intramolecular Hbond substituents is 1. The van der Waals surface area contributed by atoms with Gasteiger partial charge in [-0.15, -0.1) is 0 Å². The van der Waals surface area contributed by atoms with Gasteiger partial charge >= 0.3 is 0 Å². The molecule has 1 aromatic carbocycles. The molecule has 2 rings (SSSR count). The Morgan fingerprint density at radius 3 is 2.93 bits per heavy atom. The molecule has 0 saturated carbocycles. The molecule has 1 N–H and O–H groups in total. The summed E-state index contributed by atoms with van der Waals surface area (Å²) in [7, 11) is 0. The minimum absolute atomic E-state index is 0.167. The van der Waals surface area contributed by atoms with Crippen LogP contribution in [-0.4, -0.2) is 17.1 Å². The summed E-state index contributed by atoms with van der Waals surface area (Å²) in [6.45, 7) is 0. The predicted octanol–water partition coefficient (Wildman–Crippen LogP) is 1.41. The Kier molecular flexibility index (Phi) is 2.18. The number of nitrogens with zero attached hydrogens (tertiary/aromatic N) is 1.